The Morgan fingerprint density at radius 2 is 2.09 bits per heavy atom. The van der Waals surface area contributed by atoms with E-state index in [0.29, 0.717) is 11.4 Å². The molecule has 0 spiro atoms. The molecule has 0 N–H and O–H groups in total. The molecule has 0 unspecified atom stereocenters. The van der Waals surface area contributed by atoms with Crippen molar-refractivity contribution in [1.29, 1.82) is 0 Å². The number of ether oxygens (including phenoxy) is 2. The third-order valence-corrected chi connectivity index (χ3v) is 4.00. The highest BCUT2D eigenvalue weighted by Gasteiger charge is 2.19. The predicted molar refractivity (Wildman–Crippen MR) is 85.7 cm³/mol. The van der Waals surface area contributed by atoms with E-state index in [1.165, 1.54) is 17.7 Å². The van der Waals surface area contributed by atoms with E-state index < -0.39 is 17.5 Å². The van der Waals surface area contributed by atoms with Crippen LogP contribution in [0, 0.1) is 0 Å². The zero-order chi connectivity index (χ0) is 16.8. The fourth-order valence-electron chi connectivity index (χ4n) is 1.95. The van der Waals surface area contributed by atoms with E-state index >= 15 is 0 Å². The van der Waals surface area contributed by atoms with Gasteiger partial charge in [0.2, 0.25) is 0 Å². The highest BCUT2D eigenvalue weighted by molar-refractivity contribution is 7.17. The molecule has 0 atom stereocenters. The normalized spacial score (nSPS) is 10.7. The van der Waals surface area contributed by atoms with Gasteiger partial charge in [0, 0.05) is 5.38 Å². The Hall–Kier alpha value is -2.22. The van der Waals surface area contributed by atoms with Gasteiger partial charge in [-0.3, -0.25) is 14.2 Å². The van der Waals surface area contributed by atoms with Gasteiger partial charge in [0.1, 0.15) is 11.4 Å². The standard InChI is InChI=1S/C15H18N2O5S/c1-3-5-6-22-11(18)7-17-9-16-13-12(14(17)19)10(8-23-13)15(20)21-4-2/h8-9H,3-7H2,1-2H3. The van der Waals surface area contributed by atoms with Gasteiger partial charge in [-0.15, -0.1) is 11.3 Å². The van der Waals surface area contributed by atoms with Gasteiger partial charge in [0.15, 0.2) is 0 Å². The summed E-state index contributed by atoms with van der Waals surface area (Å²) in [5.74, 6) is -1.07. The summed E-state index contributed by atoms with van der Waals surface area (Å²) in [6.07, 6.45) is 2.98. The van der Waals surface area contributed by atoms with Gasteiger partial charge in [-0.25, -0.2) is 9.78 Å². The molecule has 0 bridgehead atoms. The van der Waals surface area contributed by atoms with Gasteiger partial charge in [-0.05, 0) is 13.3 Å². The Bertz CT molecular complexity index is 765. The van der Waals surface area contributed by atoms with Gasteiger partial charge in [0.05, 0.1) is 30.5 Å². The lowest BCUT2D eigenvalue weighted by molar-refractivity contribution is -0.144. The molecule has 2 heterocycles. The molecular formula is C15H18N2O5S. The Kier molecular flexibility index (Phi) is 5.86. The van der Waals surface area contributed by atoms with Crippen LogP contribution in [0.1, 0.15) is 37.0 Å². The molecule has 23 heavy (non-hydrogen) atoms. The van der Waals surface area contributed by atoms with E-state index in [1.54, 1.807) is 12.3 Å². The minimum atomic E-state index is -0.569. The van der Waals surface area contributed by atoms with Crippen molar-refractivity contribution in [2.45, 2.75) is 33.2 Å². The number of unbranched alkanes of at least 4 members (excludes halogenated alkanes) is 1. The molecule has 0 amide bonds. The van der Waals surface area contributed by atoms with Crippen molar-refractivity contribution in [2.75, 3.05) is 13.2 Å². The zero-order valence-corrected chi connectivity index (χ0v) is 13.9. The summed E-state index contributed by atoms with van der Waals surface area (Å²) in [5, 5.41) is 1.72. The highest BCUT2D eigenvalue weighted by atomic mass is 32.1. The Labute approximate surface area is 136 Å². The Balaban J connectivity index is 2.27. The van der Waals surface area contributed by atoms with Crippen LogP contribution in [-0.4, -0.2) is 34.7 Å². The van der Waals surface area contributed by atoms with E-state index in [1.807, 2.05) is 6.92 Å². The summed E-state index contributed by atoms with van der Waals surface area (Å²) in [5.41, 5.74) is -0.273. The molecule has 0 aliphatic carbocycles. The van der Waals surface area contributed by atoms with Crippen molar-refractivity contribution >= 4 is 33.5 Å². The van der Waals surface area contributed by atoms with Crippen molar-refractivity contribution in [3.8, 4) is 0 Å². The van der Waals surface area contributed by atoms with Crippen LogP contribution >= 0.6 is 11.3 Å². The van der Waals surface area contributed by atoms with Crippen molar-refractivity contribution in [1.82, 2.24) is 9.55 Å². The molecule has 0 aliphatic rings. The maximum absolute atomic E-state index is 12.5. The smallest absolute Gasteiger partial charge is 0.339 e. The predicted octanol–water partition coefficient (Wildman–Crippen LogP) is 1.98. The number of nitrogens with zero attached hydrogens (tertiary/aromatic N) is 2. The number of hydrogen-bond donors (Lipinski definition) is 0. The first-order valence-electron chi connectivity index (χ1n) is 7.37. The van der Waals surface area contributed by atoms with Gasteiger partial charge in [-0.1, -0.05) is 13.3 Å². The molecule has 0 saturated heterocycles. The second-order valence-corrected chi connectivity index (χ2v) is 5.66. The van der Waals surface area contributed by atoms with Crippen molar-refractivity contribution in [3.63, 3.8) is 0 Å². The summed E-state index contributed by atoms with van der Waals surface area (Å²) in [7, 11) is 0. The highest BCUT2D eigenvalue weighted by Crippen LogP contribution is 2.21. The van der Waals surface area contributed by atoms with Crippen LogP contribution in [0.25, 0.3) is 10.2 Å². The first-order chi connectivity index (χ1) is 11.1. The number of thiophene rings is 1. The largest absolute Gasteiger partial charge is 0.464 e. The number of carbonyl (C=O) groups is 2. The van der Waals surface area contributed by atoms with Crippen LogP contribution < -0.4 is 5.56 Å². The van der Waals surface area contributed by atoms with Crippen LogP contribution in [0.5, 0.6) is 0 Å². The van der Waals surface area contributed by atoms with E-state index in [2.05, 4.69) is 4.98 Å². The Morgan fingerprint density at radius 1 is 1.30 bits per heavy atom. The molecular weight excluding hydrogens is 320 g/mol. The SMILES string of the molecule is CCCCOC(=O)Cn1cnc2scc(C(=O)OCC)c2c1=O. The third kappa shape index (κ3) is 3.95. The third-order valence-electron chi connectivity index (χ3n) is 3.12. The molecule has 8 heteroatoms. The van der Waals surface area contributed by atoms with Gasteiger partial charge >= 0.3 is 11.9 Å². The minimum Gasteiger partial charge on any atom is -0.464 e. The molecule has 0 saturated carbocycles. The van der Waals surface area contributed by atoms with E-state index in [4.69, 9.17) is 9.47 Å². The average molecular weight is 338 g/mol. The average Bonchev–Trinajstić information content (AvgIpc) is 2.95. The first-order valence-corrected chi connectivity index (χ1v) is 8.25. The number of carbonyl (C=O) groups excluding carboxylic acids is 2. The molecule has 2 aromatic rings. The van der Waals surface area contributed by atoms with Crippen LogP contribution in [0.2, 0.25) is 0 Å². The van der Waals surface area contributed by atoms with Crippen molar-refractivity contribution < 1.29 is 19.1 Å². The maximum Gasteiger partial charge on any atom is 0.339 e. The minimum absolute atomic E-state index is 0.178. The fourth-order valence-corrected chi connectivity index (χ4v) is 2.82. The van der Waals surface area contributed by atoms with Crippen LogP contribution in [0.15, 0.2) is 16.5 Å². The number of rotatable bonds is 7. The number of esters is 2. The lowest BCUT2D eigenvalue weighted by Gasteiger charge is -2.06. The molecule has 0 radical (unpaired) electrons. The topological polar surface area (TPSA) is 87.5 Å². The lowest BCUT2D eigenvalue weighted by Crippen LogP contribution is -2.26. The molecule has 7 nitrogen and oxygen atoms in total. The number of aromatic nitrogens is 2. The van der Waals surface area contributed by atoms with Crippen LogP contribution in [0.4, 0.5) is 0 Å². The second-order valence-electron chi connectivity index (χ2n) is 4.80. The number of hydrogen-bond acceptors (Lipinski definition) is 7. The van der Waals surface area contributed by atoms with Crippen molar-refractivity contribution in [3.05, 3.63) is 27.6 Å². The van der Waals surface area contributed by atoms with Gasteiger partial charge in [0.25, 0.3) is 5.56 Å². The summed E-state index contributed by atoms with van der Waals surface area (Å²) in [6, 6.07) is 0. The first kappa shape index (κ1) is 17.1. The van der Waals surface area contributed by atoms with E-state index in [9.17, 15) is 14.4 Å². The quantitative estimate of drug-likeness (QED) is 0.567. The van der Waals surface area contributed by atoms with Gasteiger partial charge in [-0.2, -0.15) is 0 Å². The summed E-state index contributed by atoms with van der Waals surface area (Å²) < 4.78 is 11.1. The van der Waals surface area contributed by atoms with Crippen LogP contribution in [0.3, 0.4) is 0 Å². The summed E-state index contributed by atoms with van der Waals surface area (Å²) in [6.45, 7) is 3.99. The Morgan fingerprint density at radius 3 is 2.78 bits per heavy atom. The zero-order valence-electron chi connectivity index (χ0n) is 13.0. The maximum atomic E-state index is 12.5. The molecule has 2 rings (SSSR count). The molecule has 124 valence electrons. The fraction of sp³-hybridized carbons (Fsp3) is 0.467. The number of fused-ring (bicyclic) bond motifs is 1. The van der Waals surface area contributed by atoms with Gasteiger partial charge < -0.3 is 9.47 Å². The molecule has 2 aromatic heterocycles. The van der Waals surface area contributed by atoms with Crippen molar-refractivity contribution in [2.24, 2.45) is 0 Å². The molecule has 0 fully saturated rings. The van der Waals surface area contributed by atoms with E-state index in [0.717, 1.165) is 17.4 Å². The molecule has 0 aliphatic heterocycles. The summed E-state index contributed by atoms with van der Waals surface area (Å²) in [4.78, 5) is 40.7. The monoisotopic (exact) mass is 338 g/mol. The second kappa shape index (κ2) is 7.87. The van der Waals surface area contributed by atoms with Crippen LogP contribution in [-0.2, 0) is 20.8 Å². The molecule has 0 aromatic carbocycles. The van der Waals surface area contributed by atoms with E-state index in [-0.39, 0.29) is 24.1 Å². The lowest BCUT2D eigenvalue weighted by atomic mass is 10.2. The summed E-state index contributed by atoms with van der Waals surface area (Å²) >= 11 is 1.19.